The molecule has 0 radical (unpaired) electrons. The van der Waals surface area contributed by atoms with Crippen LogP contribution in [0.1, 0.15) is 39.3 Å². The monoisotopic (exact) mass is 720 g/mol. The first kappa shape index (κ1) is 34.1. The summed E-state index contributed by atoms with van der Waals surface area (Å²) in [5.74, 6) is -0.974. The quantitative estimate of drug-likeness (QED) is 0.163. The zero-order chi connectivity index (χ0) is 33.8. The first-order valence-corrected chi connectivity index (χ1v) is 16.3. The summed E-state index contributed by atoms with van der Waals surface area (Å²) in [4.78, 5) is 40.2. The van der Waals surface area contributed by atoms with Crippen LogP contribution in [0.2, 0.25) is 25.1 Å². The number of piperazine rings is 1. The molecular formula is C32H29Cl5N6O3. The van der Waals surface area contributed by atoms with Crippen molar-refractivity contribution < 1.29 is 9.90 Å². The van der Waals surface area contributed by atoms with Crippen molar-refractivity contribution >= 4 is 86.3 Å². The highest BCUT2D eigenvalue weighted by Crippen LogP contribution is 2.51. The van der Waals surface area contributed by atoms with Crippen molar-refractivity contribution in [2.75, 3.05) is 24.5 Å². The van der Waals surface area contributed by atoms with Crippen molar-refractivity contribution in [1.82, 2.24) is 14.5 Å². The summed E-state index contributed by atoms with van der Waals surface area (Å²) in [6, 6.07) is 2.89. The fraction of sp³-hybridized carbons (Fsp3) is 0.344. The van der Waals surface area contributed by atoms with Gasteiger partial charge in [0, 0.05) is 54.5 Å². The van der Waals surface area contributed by atoms with Crippen LogP contribution in [-0.4, -0.2) is 56.9 Å². The molecule has 0 spiro atoms. The summed E-state index contributed by atoms with van der Waals surface area (Å²) in [6.45, 7) is 12.4. The lowest BCUT2D eigenvalue weighted by atomic mass is 9.88. The highest BCUT2D eigenvalue weighted by molar-refractivity contribution is 6.52. The van der Waals surface area contributed by atoms with Crippen LogP contribution in [0.25, 0.3) is 22.3 Å². The van der Waals surface area contributed by atoms with Crippen LogP contribution in [0, 0.1) is 23.2 Å². The van der Waals surface area contributed by atoms with Gasteiger partial charge in [-0.25, -0.2) is 4.98 Å². The molecule has 3 atom stereocenters. The molecular weight excluding hydrogens is 694 g/mol. The van der Waals surface area contributed by atoms with E-state index in [1.807, 2.05) is 38.7 Å². The fourth-order valence-electron chi connectivity index (χ4n) is 6.16. The van der Waals surface area contributed by atoms with Gasteiger partial charge in [0.25, 0.3) is 5.56 Å². The number of aliphatic imine (C=N–C) groups is 1. The number of anilines is 1. The van der Waals surface area contributed by atoms with E-state index in [4.69, 9.17) is 63.0 Å². The lowest BCUT2D eigenvalue weighted by molar-refractivity contribution is -0.128. The van der Waals surface area contributed by atoms with Gasteiger partial charge in [-0.2, -0.15) is 5.26 Å². The Bertz CT molecular complexity index is 1940. The summed E-state index contributed by atoms with van der Waals surface area (Å²) in [5, 5.41) is 20.9. The number of aromatic hydroxyl groups is 1. The van der Waals surface area contributed by atoms with Crippen LogP contribution in [0.5, 0.6) is 5.75 Å². The summed E-state index contributed by atoms with van der Waals surface area (Å²) in [6.07, 6.45) is 4.86. The molecule has 46 heavy (non-hydrogen) atoms. The maximum atomic E-state index is 14.6. The van der Waals surface area contributed by atoms with Gasteiger partial charge in [-0.15, -0.1) is 0 Å². The standard InChI is InChI=1S/C32H29Cl5N6O3/c1-6-20(44)42-10-9-41(13-16(42)5)29-17-11-19(33)27(21-22(34)24(36)25(37)30(45)23(21)35)40-31(17)43(32(46)18(29)12-38)28-15(4)7-8-39-26(28)14(2)3/h6-8,11,14-16,28,45H,1,9-10,13H2,2-5H3/t15?,16-,28?/m1/s1. The SMILES string of the molecule is C=CC(=O)N1CCN(c2c(C#N)c(=O)n(C3C(C(C)C)=NC=CC3C)c3nc(-c4c(Cl)c(O)c(Cl)c(Cl)c4Cl)c(Cl)cc23)C[C@H]1C. The van der Waals surface area contributed by atoms with Crippen LogP contribution < -0.4 is 10.5 Å². The third-order valence-electron chi connectivity index (χ3n) is 8.38. The van der Waals surface area contributed by atoms with Gasteiger partial charge >= 0.3 is 0 Å². The number of fused-ring (bicyclic) bond motifs is 1. The Morgan fingerprint density at radius 2 is 1.83 bits per heavy atom. The third kappa shape index (κ3) is 5.54. The van der Waals surface area contributed by atoms with E-state index in [1.54, 1.807) is 17.2 Å². The van der Waals surface area contributed by atoms with Crippen LogP contribution in [0.15, 0.2) is 40.8 Å². The molecule has 1 aromatic carbocycles. The number of aromatic nitrogens is 2. The summed E-state index contributed by atoms with van der Waals surface area (Å²) < 4.78 is 1.48. The molecule has 5 rings (SSSR count). The first-order valence-electron chi connectivity index (χ1n) is 14.4. The van der Waals surface area contributed by atoms with E-state index in [1.165, 1.54) is 10.6 Å². The number of phenols is 1. The Labute approximate surface area is 290 Å². The number of rotatable bonds is 5. The minimum Gasteiger partial charge on any atom is -0.505 e. The number of hydrogen-bond acceptors (Lipinski definition) is 7. The Balaban J connectivity index is 1.89. The van der Waals surface area contributed by atoms with Gasteiger partial charge in [0.1, 0.15) is 22.3 Å². The van der Waals surface area contributed by atoms with E-state index < -0.39 is 17.4 Å². The molecule has 1 fully saturated rings. The van der Waals surface area contributed by atoms with E-state index in [2.05, 4.69) is 17.6 Å². The number of carbonyl (C=O) groups excluding carboxylic acids is 1. The van der Waals surface area contributed by atoms with Crippen molar-refractivity contribution in [2.24, 2.45) is 16.8 Å². The highest BCUT2D eigenvalue weighted by atomic mass is 35.5. The van der Waals surface area contributed by atoms with Crippen molar-refractivity contribution in [3.05, 3.63) is 72.0 Å². The molecule has 4 heterocycles. The smallest absolute Gasteiger partial charge is 0.272 e. The molecule has 2 aliphatic rings. The average molecular weight is 723 g/mol. The minimum absolute atomic E-state index is 0.0200. The maximum Gasteiger partial charge on any atom is 0.272 e. The predicted octanol–water partition coefficient (Wildman–Crippen LogP) is 7.93. The number of benzene rings is 1. The molecule has 0 bridgehead atoms. The molecule has 2 aromatic heterocycles. The number of halogens is 5. The Morgan fingerprint density at radius 1 is 1.13 bits per heavy atom. The lowest BCUT2D eigenvalue weighted by Crippen LogP contribution is -2.54. The third-order valence-corrected chi connectivity index (χ3v) is 10.4. The largest absolute Gasteiger partial charge is 0.505 e. The van der Waals surface area contributed by atoms with Gasteiger partial charge in [0.15, 0.2) is 5.75 Å². The average Bonchev–Trinajstić information content (AvgIpc) is 3.02. The van der Waals surface area contributed by atoms with E-state index in [9.17, 15) is 20.0 Å². The van der Waals surface area contributed by atoms with Crippen molar-refractivity contribution in [3.63, 3.8) is 0 Å². The molecule has 9 nitrogen and oxygen atoms in total. The normalized spacial score (nSPS) is 19.8. The molecule has 0 saturated carbocycles. The van der Waals surface area contributed by atoms with Gasteiger partial charge < -0.3 is 14.9 Å². The Hall–Kier alpha value is -3.26. The number of nitriles is 1. The van der Waals surface area contributed by atoms with Crippen LogP contribution in [0.3, 0.4) is 0 Å². The second kappa shape index (κ2) is 13.1. The lowest BCUT2D eigenvalue weighted by Gasteiger charge is -2.41. The van der Waals surface area contributed by atoms with Gasteiger partial charge in [0.05, 0.1) is 37.5 Å². The molecule has 14 heteroatoms. The molecule has 2 aliphatic heterocycles. The zero-order valence-electron chi connectivity index (χ0n) is 25.3. The Kier molecular flexibility index (Phi) is 9.70. The second-order valence-electron chi connectivity index (χ2n) is 11.6. The number of pyridine rings is 2. The second-order valence-corrected chi connectivity index (χ2v) is 13.5. The van der Waals surface area contributed by atoms with Crippen LogP contribution in [0.4, 0.5) is 5.69 Å². The van der Waals surface area contributed by atoms with E-state index in [0.717, 1.165) is 5.71 Å². The van der Waals surface area contributed by atoms with Crippen molar-refractivity contribution in [1.29, 1.82) is 5.26 Å². The van der Waals surface area contributed by atoms with Gasteiger partial charge in [0.2, 0.25) is 5.91 Å². The molecule has 240 valence electrons. The predicted molar refractivity (Wildman–Crippen MR) is 186 cm³/mol. The molecule has 1 amide bonds. The summed E-state index contributed by atoms with van der Waals surface area (Å²) in [5.41, 5.74) is 0.647. The zero-order valence-corrected chi connectivity index (χ0v) is 29.1. The number of carbonyl (C=O) groups is 1. The Morgan fingerprint density at radius 3 is 2.43 bits per heavy atom. The van der Waals surface area contributed by atoms with Crippen LogP contribution >= 0.6 is 58.0 Å². The van der Waals surface area contributed by atoms with Gasteiger partial charge in [-0.1, -0.05) is 91.4 Å². The number of hydrogen-bond donors (Lipinski definition) is 1. The number of nitrogens with zero attached hydrogens (tertiary/aromatic N) is 6. The maximum absolute atomic E-state index is 14.6. The minimum atomic E-state index is -0.600. The highest BCUT2D eigenvalue weighted by Gasteiger charge is 2.36. The van der Waals surface area contributed by atoms with E-state index in [-0.39, 0.29) is 71.4 Å². The molecule has 1 saturated heterocycles. The van der Waals surface area contributed by atoms with Gasteiger partial charge in [-0.05, 0) is 25.0 Å². The fourth-order valence-corrected chi connectivity index (χ4v) is 7.48. The topological polar surface area (TPSA) is 115 Å². The molecule has 1 N–H and O–H groups in total. The summed E-state index contributed by atoms with van der Waals surface area (Å²) in [7, 11) is 0. The van der Waals surface area contributed by atoms with E-state index >= 15 is 0 Å². The van der Waals surface area contributed by atoms with Crippen LogP contribution in [-0.2, 0) is 4.79 Å². The molecule has 0 aliphatic carbocycles. The summed E-state index contributed by atoms with van der Waals surface area (Å²) >= 11 is 32.6. The number of amides is 1. The van der Waals surface area contributed by atoms with Crippen molar-refractivity contribution in [3.8, 4) is 23.1 Å². The first-order chi connectivity index (χ1) is 21.7. The number of allylic oxidation sites excluding steroid dienone is 1. The van der Waals surface area contributed by atoms with Gasteiger partial charge in [-0.3, -0.25) is 19.1 Å². The van der Waals surface area contributed by atoms with Crippen molar-refractivity contribution in [2.45, 2.75) is 39.8 Å². The molecule has 2 unspecified atom stereocenters. The van der Waals surface area contributed by atoms with E-state index in [0.29, 0.717) is 30.7 Å². The number of phenolic OH excluding ortho intramolecular Hbond substituents is 1. The molecule has 3 aromatic rings.